The third kappa shape index (κ3) is 2.06. The number of primary amides is 2. The number of nitrogens with two attached hydrogens (primary N) is 2. The Morgan fingerprint density at radius 3 is 2.33 bits per heavy atom. The van der Waals surface area contributed by atoms with Gasteiger partial charge in [0.05, 0.1) is 11.1 Å². The molecule has 0 aliphatic heterocycles. The van der Waals surface area contributed by atoms with Gasteiger partial charge in [-0.15, -0.1) is 0 Å². The molecule has 0 fully saturated rings. The average molecular weight is 241 g/mol. The summed E-state index contributed by atoms with van der Waals surface area (Å²) in [5.41, 5.74) is 12.0. The molecule has 0 aliphatic carbocycles. The van der Waals surface area contributed by atoms with Crippen LogP contribution < -0.4 is 11.5 Å². The van der Waals surface area contributed by atoms with Gasteiger partial charge in [0.15, 0.2) is 0 Å². The Balaban J connectivity index is 2.72. The quantitative estimate of drug-likeness (QED) is 0.836. The van der Waals surface area contributed by atoms with Gasteiger partial charge in [0.1, 0.15) is 0 Å². The van der Waals surface area contributed by atoms with Crippen molar-refractivity contribution in [3.63, 3.8) is 0 Å². The number of hydrogen-bond donors (Lipinski definition) is 2. The molecule has 0 saturated heterocycles. The lowest BCUT2D eigenvalue weighted by Crippen LogP contribution is -2.21. The Morgan fingerprint density at radius 1 is 1.00 bits per heavy atom. The van der Waals surface area contributed by atoms with Gasteiger partial charge >= 0.3 is 0 Å². The highest BCUT2D eigenvalue weighted by molar-refractivity contribution is 6.10. The van der Waals surface area contributed by atoms with E-state index in [1.807, 2.05) is 0 Å². The van der Waals surface area contributed by atoms with E-state index < -0.39 is 11.8 Å². The first-order chi connectivity index (χ1) is 8.61. The highest BCUT2D eigenvalue weighted by Crippen LogP contribution is 2.25. The molecule has 1 heterocycles. The van der Waals surface area contributed by atoms with E-state index in [4.69, 9.17) is 11.5 Å². The number of benzene rings is 1. The monoisotopic (exact) mass is 241 g/mol. The minimum absolute atomic E-state index is 0.115. The van der Waals surface area contributed by atoms with Gasteiger partial charge in [0, 0.05) is 18.0 Å². The highest BCUT2D eigenvalue weighted by Gasteiger charge is 2.17. The van der Waals surface area contributed by atoms with Crippen LogP contribution in [-0.4, -0.2) is 16.8 Å². The molecule has 1 aromatic heterocycles. The molecule has 5 heteroatoms. The molecule has 18 heavy (non-hydrogen) atoms. The van der Waals surface area contributed by atoms with Crippen molar-refractivity contribution >= 4 is 11.8 Å². The maximum Gasteiger partial charge on any atom is 0.250 e. The summed E-state index contributed by atoms with van der Waals surface area (Å²) in [6, 6.07) is 8.33. The second-order valence-corrected chi connectivity index (χ2v) is 3.70. The van der Waals surface area contributed by atoms with Crippen molar-refractivity contribution in [1.82, 2.24) is 4.98 Å². The SMILES string of the molecule is NC(=O)c1cccc(-c2cccnc2)c1C(N)=O. The molecule has 0 atom stereocenters. The maximum absolute atomic E-state index is 11.5. The van der Waals surface area contributed by atoms with Crippen LogP contribution in [0.3, 0.4) is 0 Å². The molecule has 4 N–H and O–H groups in total. The van der Waals surface area contributed by atoms with Crippen molar-refractivity contribution in [3.8, 4) is 11.1 Å². The standard InChI is InChI=1S/C13H11N3O2/c14-12(17)10-5-1-4-9(11(10)13(15)18)8-3-2-6-16-7-8/h1-7H,(H2,14,17)(H2,15,18). The van der Waals surface area contributed by atoms with Gasteiger partial charge in [-0.25, -0.2) is 0 Å². The van der Waals surface area contributed by atoms with Crippen molar-refractivity contribution in [2.45, 2.75) is 0 Å². The normalized spacial score (nSPS) is 10.0. The van der Waals surface area contributed by atoms with Gasteiger partial charge in [0.2, 0.25) is 11.8 Å². The van der Waals surface area contributed by atoms with Crippen molar-refractivity contribution in [1.29, 1.82) is 0 Å². The van der Waals surface area contributed by atoms with Crippen LogP contribution in [0.5, 0.6) is 0 Å². The van der Waals surface area contributed by atoms with E-state index in [1.165, 1.54) is 6.07 Å². The molecule has 0 unspecified atom stereocenters. The Hall–Kier alpha value is -2.69. The Bertz CT molecular complexity index is 609. The summed E-state index contributed by atoms with van der Waals surface area (Å²) in [5, 5.41) is 0. The van der Waals surface area contributed by atoms with Crippen LogP contribution in [-0.2, 0) is 0 Å². The predicted octanol–water partition coefficient (Wildman–Crippen LogP) is 0.946. The van der Waals surface area contributed by atoms with Gasteiger partial charge in [0.25, 0.3) is 0 Å². The van der Waals surface area contributed by atoms with Gasteiger partial charge in [-0.05, 0) is 17.7 Å². The second kappa shape index (κ2) is 4.67. The zero-order valence-corrected chi connectivity index (χ0v) is 9.46. The summed E-state index contributed by atoms with van der Waals surface area (Å²) in [4.78, 5) is 26.8. The first kappa shape index (κ1) is 11.8. The molecule has 0 radical (unpaired) electrons. The van der Waals surface area contributed by atoms with Crippen molar-refractivity contribution in [2.24, 2.45) is 11.5 Å². The van der Waals surface area contributed by atoms with Gasteiger partial charge in [-0.1, -0.05) is 18.2 Å². The van der Waals surface area contributed by atoms with Crippen molar-refractivity contribution in [3.05, 3.63) is 53.9 Å². The van der Waals surface area contributed by atoms with Gasteiger partial charge < -0.3 is 11.5 Å². The molecule has 0 aliphatic rings. The first-order valence-electron chi connectivity index (χ1n) is 5.24. The largest absolute Gasteiger partial charge is 0.366 e. The summed E-state index contributed by atoms with van der Waals surface area (Å²) >= 11 is 0. The smallest absolute Gasteiger partial charge is 0.250 e. The van der Waals surface area contributed by atoms with Crippen LogP contribution in [0.25, 0.3) is 11.1 Å². The van der Waals surface area contributed by atoms with Gasteiger partial charge in [-0.3, -0.25) is 14.6 Å². The summed E-state index contributed by atoms with van der Waals surface area (Å²) in [6.45, 7) is 0. The summed E-state index contributed by atoms with van der Waals surface area (Å²) in [5.74, 6) is -1.38. The van der Waals surface area contributed by atoms with E-state index in [0.717, 1.165) is 0 Å². The second-order valence-electron chi connectivity index (χ2n) is 3.70. The van der Waals surface area contributed by atoms with Crippen LogP contribution >= 0.6 is 0 Å². The summed E-state index contributed by atoms with van der Waals surface area (Å²) in [7, 11) is 0. The first-order valence-corrected chi connectivity index (χ1v) is 5.24. The number of pyridine rings is 1. The number of rotatable bonds is 3. The molecule has 2 amide bonds. The molecule has 2 aromatic rings. The third-order valence-corrected chi connectivity index (χ3v) is 2.55. The average Bonchev–Trinajstić information content (AvgIpc) is 2.38. The Morgan fingerprint density at radius 2 is 1.78 bits per heavy atom. The van der Waals surface area contributed by atoms with Crippen molar-refractivity contribution < 1.29 is 9.59 Å². The third-order valence-electron chi connectivity index (χ3n) is 2.55. The van der Waals surface area contributed by atoms with Gasteiger partial charge in [-0.2, -0.15) is 0 Å². The number of carbonyl (C=O) groups excluding carboxylic acids is 2. The van der Waals surface area contributed by atoms with E-state index in [2.05, 4.69) is 4.98 Å². The minimum Gasteiger partial charge on any atom is -0.366 e. The number of carbonyl (C=O) groups is 2. The van der Waals surface area contributed by atoms with E-state index in [-0.39, 0.29) is 11.1 Å². The molecule has 2 rings (SSSR count). The summed E-state index contributed by atoms with van der Waals surface area (Å²) in [6.07, 6.45) is 3.21. The topological polar surface area (TPSA) is 99.1 Å². The molecular formula is C13H11N3O2. The van der Waals surface area contributed by atoms with E-state index in [9.17, 15) is 9.59 Å². The van der Waals surface area contributed by atoms with Crippen LogP contribution in [0.2, 0.25) is 0 Å². The van der Waals surface area contributed by atoms with Crippen LogP contribution in [0, 0.1) is 0 Å². The number of aromatic nitrogens is 1. The maximum atomic E-state index is 11.5. The highest BCUT2D eigenvalue weighted by atomic mass is 16.2. The molecule has 90 valence electrons. The molecule has 5 nitrogen and oxygen atoms in total. The molecule has 0 bridgehead atoms. The van der Waals surface area contributed by atoms with E-state index >= 15 is 0 Å². The lowest BCUT2D eigenvalue weighted by Gasteiger charge is -2.09. The lowest BCUT2D eigenvalue weighted by atomic mass is 9.95. The fourth-order valence-corrected chi connectivity index (χ4v) is 1.79. The molecular weight excluding hydrogens is 230 g/mol. The molecule has 0 spiro atoms. The van der Waals surface area contributed by atoms with Crippen LogP contribution in [0.4, 0.5) is 0 Å². The van der Waals surface area contributed by atoms with E-state index in [0.29, 0.717) is 11.1 Å². The molecule has 0 saturated carbocycles. The lowest BCUT2D eigenvalue weighted by molar-refractivity contribution is 0.0968. The minimum atomic E-state index is -0.691. The number of amides is 2. The van der Waals surface area contributed by atoms with Crippen LogP contribution in [0.15, 0.2) is 42.7 Å². The Kier molecular flexibility index (Phi) is 3.05. The van der Waals surface area contributed by atoms with Crippen molar-refractivity contribution in [2.75, 3.05) is 0 Å². The summed E-state index contributed by atoms with van der Waals surface area (Å²) < 4.78 is 0. The number of hydrogen-bond acceptors (Lipinski definition) is 3. The fourth-order valence-electron chi connectivity index (χ4n) is 1.79. The zero-order chi connectivity index (χ0) is 13.1. The Labute approximate surface area is 103 Å². The zero-order valence-electron chi connectivity index (χ0n) is 9.46. The number of nitrogens with zero attached hydrogens (tertiary/aromatic N) is 1. The predicted molar refractivity (Wildman–Crippen MR) is 66.7 cm³/mol. The van der Waals surface area contributed by atoms with Crippen LogP contribution in [0.1, 0.15) is 20.7 Å². The molecule has 1 aromatic carbocycles. The van der Waals surface area contributed by atoms with E-state index in [1.54, 1.807) is 36.7 Å². The fraction of sp³-hybridized carbons (Fsp3) is 0.